The molecule has 0 saturated heterocycles. The van der Waals surface area contributed by atoms with E-state index in [1.165, 1.54) is 11.1 Å². The number of anilines is 1. The van der Waals surface area contributed by atoms with Gasteiger partial charge in [0, 0.05) is 35.3 Å². The van der Waals surface area contributed by atoms with Crippen molar-refractivity contribution in [1.29, 1.82) is 0 Å². The van der Waals surface area contributed by atoms with Gasteiger partial charge in [-0.2, -0.15) is 0 Å². The Bertz CT molecular complexity index is 1330. The number of fused-ring (bicyclic) bond motifs is 1. The Morgan fingerprint density at radius 1 is 0.905 bits per heavy atom. The number of ether oxygens (including phenoxy) is 3. The van der Waals surface area contributed by atoms with E-state index in [0.717, 1.165) is 30.5 Å². The quantitative estimate of drug-likeness (QED) is 0.181. The normalized spacial score (nSPS) is 12.8. The van der Waals surface area contributed by atoms with E-state index in [1.807, 2.05) is 18.2 Å². The van der Waals surface area contributed by atoms with Gasteiger partial charge in [-0.05, 0) is 91.8 Å². The Morgan fingerprint density at radius 2 is 1.62 bits per heavy atom. The van der Waals surface area contributed by atoms with Crippen LogP contribution in [0.3, 0.4) is 0 Å². The monoisotopic (exact) mass is 614 g/mol. The Labute approximate surface area is 256 Å². The van der Waals surface area contributed by atoms with Crippen molar-refractivity contribution < 1.29 is 28.9 Å². The first-order valence-corrected chi connectivity index (χ1v) is 14.9. The van der Waals surface area contributed by atoms with Gasteiger partial charge in [-0.25, -0.2) is 9.59 Å². The van der Waals surface area contributed by atoms with E-state index in [-0.39, 0.29) is 19.1 Å². The van der Waals surface area contributed by atoms with Crippen molar-refractivity contribution in [3.05, 3.63) is 87.4 Å². The molecule has 2 amide bonds. The SMILES string of the molecule is CCOC(Cc1ccc(OCCN(CCCOc2cc(Cl)cc(Cl)c2)C(=O)Nc2ccc3c(c2)CCC3)cc1)C(=O)O. The van der Waals surface area contributed by atoms with E-state index in [0.29, 0.717) is 54.3 Å². The lowest BCUT2D eigenvalue weighted by molar-refractivity contribution is -0.149. The van der Waals surface area contributed by atoms with Crippen LogP contribution in [0, 0.1) is 0 Å². The topological polar surface area (TPSA) is 97.3 Å². The molecule has 10 heteroatoms. The number of hydrogen-bond acceptors (Lipinski definition) is 5. The third-order valence-electron chi connectivity index (χ3n) is 6.93. The molecule has 1 aliphatic carbocycles. The predicted molar refractivity (Wildman–Crippen MR) is 164 cm³/mol. The van der Waals surface area contributed by atoms with Crippen LogP contribution in [-0.4, -0.2) is 61.0 Å². The van der Waals surface area contributed by atoms with Crippen molar-refractivity contribution >= 4 is 40.9 Å². The van der Waals surface area contributed by atoms with Gasteiger partial charge in [-0.3, -0.25) is 0 Å². The minimum atomic E-state index is -0.989. The molecule has 0 radical (unpaired) electrons. The van der Waals surface area contributed by atoms with E-state index in [2.05, 4.69) is 17.4 Å². The predicted octanol–water partition coefficient (Wildman–Crippen LogP) is 6.90. The molecule has 0 saturated carbocycles. The van der Waals surface area contributed by atoms with Gasteiger partial charge in [0.2, 0.25) is 0 Å². The average molecular weight is 616 g/mol. The molecule has 0 aliphatic heterocycles. The second-order valence-electron chi connectivity index (χ2n) is 10.0. The summed E-state index contributed by atoms with van der Waals surface area (Å²) in [4.78, 5) is 26.4. The summed E-state index contributed by atoms with van der Waals surface area (Å²) in [7, 11) is 0. The fourth-order valence-corrected chi connectivity index (χ4v) is 5.36. The molecule has 1 aliphatic rings. The van der Waals surface area contributed by atoms with Crippen LogP contribution in [-0.2, 0) is 28.8 Å². The highest BCUT2D eigenvalue weighted by molar-refractivity contribution is 6.34. The van der Waals surface area contributed by atoms with E-state index in [1.54, 1.807) is 42.2 Å². The zero-order valence-electron chi connectivity index (χ0n) is 23.6. The van der Waals surface area contributed by atoms with E-state index in [9.17, 15) is 14.7 Å². The maximum absolute atomic E-state index is 13.3. The molecule has 8 nitrogen and oxygen atoms in total. The summed E-state index contributed by atoms with van der Waals surface area (Å²) < 4.78 is 17.0. The number of urea groups is 1. The van der Waals surface area contributed by atoms with Crippen LogP contribution in [0.4, 0.5) is 10.5 Å². The first-order chi connectivity index (χ1) is 20.3. The number of benzene rings is 3. The number of aliphatic carboxylic acids is 1. The number of hydrogen-bond donors (Lipinski definition) is 2. The minimum Gasteiger partial charge on any atom is -0.493 e. The smallest absolute Gasteiger partial charge is 0.333 e. The Kier molecular flexibility index (Phi) is 11.7. The molecule has 0 bridgehead atoms. The van der Waals surface area contributed by atoms with Crippen LogP contribution >= 0.6 is 23.2 Å². The number of carbonyl (C=O) groups excluding carboxylic acids is 1. The van der Waals surface area contributed by atoms with Crippen LogP contribution in [0.2, 0.25) is 10.0 Å². The van der Waals surface area contributed by atoms with Crippen molar-refractivity contribution in [2.75, 3.05) is 38.2 Å². The van der Waals surface area contributed by atoms with Crippen LogP contribution in [0.25, 0.3) is 0 Å². The molecular formula is C32H36Cl2N2O6. The Hall–Kier alpha value is -3.46. The van der Waals surface area contributed by atoms with Gasteiger partial charge in [-0.1, -0.05) is 41.4 Å². The van der Waals surface area contributed by atoms with Gasteiger partial charge in [0.05, 0.1) is 13.2 Å². The summed E-state index contributed by atoms with van der Waals surface area (Å²) in [6.07, 6.45) is 3.22. The van der Waals surface area contributed by atoms with Crippen molar-refractivity contribution in [2.24, 2.45) is 0 Å². The summed E-state index contributed by atoms with van der Waals surface area (Å²) in [6, 6.07) is 18.1. The Morgan fingerprint density at radius 3 is 2.33 bits per heavy atom. The van der Waals surface area contributed by atoms with Gasteiger partial charge in [-0.15, -0.1) is 0 Å². The number of rotatable bonds is 15. The molecule has 1 atom stereocenters. The number of carbonyl (C=O) groups is 2. The second kappa shape index (κ2) is 15.7. The third-order valence-corrected chi connectivity index (χ3v) is 7.37. The lowest BCUT2D eigenvalue weighted by Crippen LogP contribution is -2.39. The average Bonchev–Trinajstić information content (AvgIpc) is 3.42. The minimum absolute atomic E-state index is 0.215. The number of carboxylic acids is 1. The van der Waals surface area contributed by atoms with Crippen LogP contribution in [0.15, 0.2) is 60.7 Å². The molecular weight excluding hydrogens is 579 g/mol. The number of aryl methyl sites for hydroxylation is 2. The molecule has 3 aromatic carbocycles. The van der Waals surface area contributed by atoms with Gasteiger partial charge >= 0.3 is 12.0 Å². The Balaban J connectivity index is 1.32. The summed E-state index contributed by atoms with van der Waals surface area (Å²) in [5.41, 5.74) is 4.24. The fourth-order valence-electron chi connectivity index (χ4n) is 4.85. The maximum atomic E-state index is 13.3. The molecule has 42 heavy (non-hydrogen) atoms. The first kappa shape index (κ1) is 31.5. The number of nitrogens with zero attached hydrogens (tertiary/aromatic N) is 1. The highest BCUT2D eigenvalue weighted by atomic mass is 35.5. The first-order valence-electron chi connectivity index (χ1n) is 14.1. The summed E-state index contributed by atoms with van der Waals surface area (Å²) in [5, 5.41) is 13.3. The lowest BCUT2D eigenvalue weighted by atomic mass is 10.1. The van der Waals surface area contributed by atoms with Crippen molar-refractivity contribution in [2.45, 2.75) is 45.1 Å². The maximum Gasteiger partial charge on any atom is 0.333 e. The highest BCUT2D eigenvalue weighted by Crippen LogP contribution is 2.26. The summed E-state index contributed by atoms with van der Waals surface area (Å²) in [5.74, 6) is 0.212. The summed E-state index contributed by atoms with van der Waals surface area (Å²) >= 11 is 12.1. The zero-order valence-corrected chi connectivity index (χ0v) is 25.1. The molecule has 0 aromatic heterocycles. The molecule has 0 spiro atoms. The number of halogens is 2. The van der Waals surface area contributed by atoms with E-state index in [4.69, 9.17) is 37.4 Å². The number of nitrogens with one attached hydrogen (secondary N) is 1. The molecule has 1 unspecified atom stereocenters. The van der Waals surface area contributed by atoms with Crippen molar-refractivity contribution in [3.63, 3.8) is 0 Å². The van der Waals surface area contributed by atoms with Crippen LogP contribution in [0.1, 0.15) is 36.5 Å². The largest absolute Gasteiger partial charge is 0.493 e. The van der Waals surface area contributed by atoms with Crippen molar-refractivity contribution in [3.8, 4) is 11.5 Å². The van der Waals surface area contributed by atoms with Gasteiger partial charge in [0.25, 0.3) is 0 Å². The standard InChI is InChI=1S/C32H36Cl2N2O6/c1-2-40-30(31(37)38)17-22-7-11-28(12-8-22)42-16-14-36(13-4-15-41-29-20-25(33)19-26(34)21-29)32(39)35-27-10-9-23-5-3-6-24(23)18-27/h7-12,18-21,30H,2-6,13-17H2,1H3,(H,35,39)(H,37,38). The third kappa shape index (κ3) is 9.54. The number of carboxylic acid groups (broad SMARTS) is 1. The zero-order chi connectivity index (χ0) is 29.9. The fraction of sp³-hybridized carbons (Fsp3) is 0.375. The van der Waals surface area contributed by atoms with E-state index >= 15 is 0 Å². The molecule has 0 heterocycles. The number of amides is 2. The van der Waals surface area contributed by atoms with Gasteiger partial charge in [0.1, 0.15) is 18.1 Å². The van der Waals surface area contributed by atoms with E-state index < -0.39 is 12.1 Å². The lowest BCUT2D eigenvalue weighted by Gasteiger charge is -2.23. The van der Waals surface area contributed by atoms with Gasteiger partial charge < -0.3 is 29.5 Å². The van der Waals surface area contributed by atoms with Crippen LogP contribution < -0.4 is 14.8 Å². The molecule has 2 N–H and O–H groups in total. The molecule has 224 valence electrons. The highest BCUT2D eigenvalue weighted by Gasteiger charge is 2.19. The molecule has 3 aromatic rings. The molecule has 4 rings (SSSR count). The van der Waals surface area contributed by atoms with Gasteiger partial charge in [0.15, 0.2) is 6.10 Å². The van der Waals surface area contributed by atoms with Crippen molar-refractivity contribution in [1.82, 2.24) is 4.90 Å². The summed E-state index contributed by atoms with van der Waals surface area (Å²) in [6.45, 7) is 3.55. The molecule has 0 fully saturated rings. The van der Waals surface area contributed by atoms with Crippen LogP contribution in [0.5, 0.6) is 11.5 Å². The second-order valence-corrected chi connectivity index (χ2v) is 10.9.